The molecule has 2 N–H and O–H groups in total. The summed E-state index contributed by atoms with van der Waals surface area (Å²) in [6.07, 6.45) is 3.57. The fourth-order valence-corrected chi connectivity index (χ4v) is 1.58. The van der Waals surface area contributed by atoms with Crippen LogP contribution in [0.15, 0.2) is 0 Å². The average Bonchev–Trinajstić information content (AvgIpc) is 2.25. The highest BCUT2D eigenvalue weighted by Crippen LogP contribution is 2.34. The van der Waals surface area contributed by atoms with Gasteiger partial charge < -0.3 is 5.73 Å². The van der Waals surface area contributed by atoms with Gasteiger partial charge in [-0.3, -0.25) is 0 Å². The highest BCUT2D eigenvalue weighted by atomic mass is 17.2. The van der Waals surface area contributed by atoms with Crippen molar-refractivity contribution in [2.75, 3.05) is 0 Å². The topological polar surface area (TPSA) is 44.5 Å². The summed E-state index contributed by atoms with van der Waals surface area (Å²) in [5.74, 6) is 0.559. The molecule has 0 aromatic heterocycles. The van der Waals surface area contributed by atoms with Crippen molar-refractivity contribution in [3.8, 4) is 0 Å². The molecule has 2 rings (SSSR count). The summed E-state index contributed by atoms with van der Waals surface area (Å²) in [7, 11) is 0. The van der Waals surface area contributed by atoms with Gasteiger partial charge in [0.2, 0.25) is 0 Å². The third kappa shape index (κ3) is 0.852. The lowest BCUT2D eigenvalue weighted by Crippen LogP contribution is -2.36. The fraction of sp³-hybridized carbons (Fsp3) is 1.00. The van der Waals surface area contributed by atoms with E-state index in [0.717, 1.165) is 12.8 Å². The molecule has 1 saturated heterocycles. The van der Waals surface area contributed by atoms with Gasteiger partial charge >= 0.3 is 0 Å². The van der Waals surface area contributed by atoms with Gasteiger partial charge in [-0.1, -0.05) is 0 Å². The van der Waals surface area contributed by atoms with E-state index < -0.39 is 0 Å². The third-order valence-electron chi connectivity index (χ3n) is 2.19. The van der Waals surface area contributed by atoms with Crippen LogP contribution in [0.5, 0.6) is 0 Å². The number of nitrogens with two attached hydrogens (primary N) is 1. The summed E-state index contributed by atoms with van der Waals surface area (Å²) < 4.78 is 0. The monoisotopic (exact) mass is 129 g/mol. The van der Waals surface area contributed by atoms with Gasteiger partial charge in [0.05, 0.1) is 6.10 Å². The van der Waals surface area contributed by atoms with Gasteiger partial charge in [-0.15, -0.1) is 0 Å². The zero-order valence-electron chi connectivity index (χ0n) is 5.25. The van der Waals surface area contributed by atoms with E-state index in [1.807, 2.05) is 0 Å². The number of rotatable bonds is 0. The van der Waals surface area contributed by atoms with Crippen LogP contribution < -0.4 is 5.73 Å². The summed E-state index contributed by atoms with van der Waals surface area (Å²) in [5.41, 5.74) is 5.57. The second-order valence-electron chi connectivity index (χ2n) is 2.85. The molecule has 52 valence electrons. The smallest absolute Gasteiger partial charge is 0.144 e. The van der Waals surface area contributed by atoms with E-state index in [4.69, 9.17) is 15.5 Å². The van der Waals surface area contributed by atoms with Crippen LogP contribution in [0, 0.1) is 5.92 Å². The standard InChI is InChI=1S/C6H11NO2/c7-6-4-1-2-5(3-4)8-9-6/h4-6H,1-3,7H2. The maximum atomic E-state index is 5.57. The number of hydrogen-bond acceptors (Lipinski definition) is 3. The molecule has 0 radical (unpaired) electrons. The molecule has 1 heterocycles. The minimum Gasteiger partial charge on any atom is -0.303 e. The molecular formula is C6H11NO2. The Morgan fingerprint density at radius 2 is 2.11 bits per heavy atom. The van der Waals surface area contributed by atoms with Crippen LogP contribution in [-0.4, -0.2) is 12.3 Å². The van der Waals surface area contributed by atoms with Crippen molar-refractivity contribution >= 4 is 0 Å². The summed E-state index contributed by atoms with van der Waals surface area (Å²) >= 11 is 0. The first-order chi connectivity index (χ1) is 4.36. The van der Waals surface area contributed by atoms with Gasteiger partial charge in [-0.2, -0.15) is 0 Å². The first-order valence-corrected chi connectivity index (χ1v) is 3.44. The number of hydrogen-bond donors (Lipinski definition) is 1. The van der Waals surface area contributed by atoms with Gasteiger partial charge in [0.15, 0.2) is 0 Å². The quantitative estimate of drug-likeness (QED) is 0.481. The zero-order chi connectivity index (χ0) is 6.27. The molecule has 2 aliphatic rings. The maximum Gasteiger partial charge on any atom is 0.144 e. The van der Waals surface area contributed by atoms with Crippen molar-refractivity contribution < 1.29 is 9.78 Å². The van der Waals surface area contributed by atoms with E-state index in [0.29, 0.717) is 12.0 Å². The van der Waals surface area contributed by atoms with Gasteiger partial charge in [-0.05, 0) is 19.3 Å². The molecule has 3 heteroatoms. The summed E-state index contributed by atoms with van der Waals surface area (Å²) in [6.45, 7) is 0. The van der Waals surface area contributed by atoms with Crippen LogP contribution in [0.4, 0.5) is 0 Å². The second kappa shape index (κ2) is 1.94. The molecule has 0 spiro atoms. The van der Waals surface area contributed by atoms with Gasteiger partial charge in [0, 0.05) is 5.92 Å². The van der Waals surface area contributed by atoms with Crippen LogP contribution >= 0.6 is 0 Å². The van der Waals surface area contributed by atoms with E-state index in [-0.39, 0.29) is 6.23 Å². The Bertz CT molecular complexity index is 118. The largest absolute Gasteiger partial charge is 0.303 e. The maximum absolute atomic E-state index is 5.57. The van der Waals surface area contributed by atoms with Crippen LogP contribution in [0.2, 0.25) is 0 Å². The Hall–Kier alpha value is -0.120. The predicted octanol–water partition coefficient (Wildman–Crippen LogP) is 0.402. The van der Waals surface area contributed by atoms with Crippen LogP contribution in [0.3, 0.4) is 0 Å². The van der Waals surface area contributed by atoms with Crippen molar-refractivity contribution in [1.29, 1.82) is 0 Å². The predicted molar refractivity (Wildman–Crippen MR) is 31.3 cm³/mol. The first kappa shape index (κ1) is 5.65. The highest BCUT2D eigenvalue weighted by Gasteiger charge is 2.36. The molecule has 1 aliphatic carbocycles. The zero-order valence-corrected chi connectivity index (χ0v) is 5.25. The van der Waals surface area contributed by atoms with Gasteiger partial charge in [0.25, 0.3) is 0 Å². The summed E-state index contributed by atoms with van der Waals surface area (Å²) in [4.78, 5) is 9.80. The minimum atomic E-state index is -0.163. The lowest BCUT2D eigenvalue weighted by Gasteiger charge is -2.23. The van der Waals surface area contributed by atoms with E-state index in [1.54, 1.807) is 0 Å². The van der Waals surface area contributed by atoms with Crippen molar-refractivity contribution in [2.24, 2.45) is 11.7 Å². The Morgan fingerprint density at radius 1 is 1.22 bits per heavy atom. The molecule has 2 fully saturated rings. The Morgan fingerprint density at radius 3 is 2.89 bits per heavy atom. The molecule has 0 aromatic rings. The molecule has 3 atom stereocenters. The minimum absolute atomic E-state index is 0.163. The molecule has 3 unspecified atom stereocenters. The molecule has 0 aromatic carbocycles. The second-order valence-corrected chi connectivity index (χ2v) is 2.85. The lowest BCUT2D eigenvalue weighted by atomic mass is 10.1. The van der Waals surface area contributed by atoms with Gasteiger partial charge in [0.1, 0.15) is 6.23 Å². The summed E-state index contributed by atoms with van der Waals surface area (Å²) in [5, 5.41) is 0. The average molecular weight is 129 g/mol. The van der Waals surface area contributed by atoms with E-state index in [1.165, 1.54) is 6.42 Å². The molecule has 1 aliphatic heterocycles. The van der Waals surface area contributed by atoms with Crippen molar-refractivity contribution in [1.82, 2.24) is 0 Å². The van der Waals surface area contributed by atoms with Crippen molar-refractivity contribution in [3.63, 3.8) is 0 Å². The first-order valence-electron chi connectivity index (χ1n) is 3.44. The van der Waals surface area contributed by atoms with Crippen LogP contribution in [0.1, 0.15) is 19.3 Å². The van der Waals surface area contributed by atoms with Crippen LogP contribution in [0.25, 0.3) is 0 Å². The Balaban J connectivity index is 2.05. The van der Waals surface area contributed by atoms with Gasteiger partial charge in [-0.25, -0.2) is 9.78 Å². The molecular weight excluding hydrogens is 118 g/mol. The third-order valence-corrected chi connectivity index (χ3v) is 2.19. The molecule has 2 bridgehead atoms. The Kier molecular flexibility index (Phi) is 1.22. The van der Waals surface area contributed by atoms with Crippen molar-refractivity contribution in [2.45, 2.75) is 31.6 Å². The lowest BCUT2D eigenvalue weighted by molar-refractivity contribution is -0.372. The molecule has 1 saturated carbocycles. The van der Waals surface area contributed by atoms with E-state index >= 15 is 0 Å². The fourth-order valence-electron chi connectivity index (χ4n) is 1.58. The van der Waals surface area contributed by atoms with E-state index in [2.05, 4.69) is 0 Å². The summed E-state index contributed by atoms with van der Waals surface area (Å²) in [6, 6.07) is 0. The Labute approximate surface area is 54.0 Å². The molecule has 3 nitrogen and oxygen atoms in total. The van der Waals surface area contributed by atoms with Crippen LogP contribution in [-0.2, 0) is 9.78 Å². The molecule has 9 heavy (non-hydrogen) atoms. The SMILES string of the molecule is NC1OOC2CCC1C2. The normalized spacial score (nSPS) is 49.7. The highest BCUT2D eigenvalue weighted by molar-refractivity contribution is 4.80. The number of fused-ring (bicyclic) bond motifs is 2. The van der Waals surface area contributed by atoms with E-state index in [9.17, 15) is 0 Å². The molecule has 0 amide bonds. The van der Waals surface area contributed by atoms with Crippen molar-refractivity contribution in [3.05, 3.63) is 0 Å².